The average molecular weight is 211 g/mol. The van der Waals surface area contributed by atoms with Crippen LogP contribution in [-0.2, 0) is 0 Å². The first-order valence-corrected chi connectivity index (χ1v) is 5.17. The van der Waals surface area contributed by atoms with Gasteiger partial charge in [0.15, 0.2) is 5.75 Å². The number of carbonyl (C=O) groups is 1. The van der Waals surface area contributed by atoms with E-state index in [4.69, 9.17) is 4.74 Å². The van der Waals surface area contributed by atoms with Gasteiger partial charge in [-0.2, -0.15) is 5.10 Å². The second kappa shape index (κ2) is 5.38. The highest BCUT2D eigenvalue weighted by molar-refractivity contribution is 5.69. The van der Waals surface area contributed by atoms with E-state index in [0.717, 1.165) is 6.42 Å². The Morgan fingerprint density at radius 2 is 2.40 bits per heavy atom. The van der Waals surface area contributed by atoms with Crippen LogP contribution in [0.4, 0.5) is 4.79 Å². The minimum absolute atomic E-state index is 0.316. The normalized spacial score (nSPS) is 12.2. The fourth-order valence-electron chi connectivity index (χ4n) is 1.09. The Morgan fingerprint density at radius 3 is 3.00 bits per heavy atom. The van der Waals surface area contributed by atoms with Gasteiger partial charge in [0.25, 0.3) is 0 Å². The molecule has 0 saturated carbocycles. The van der Waals surface area contributed by atoms with Gasteiger partial charge < -0.3 is 10.1 Å². The quantitative estimate of drug-likeness (QED) is 0.828. The Bertz CT molecular complexity index is 322. The van der Waals surface area contributed by atoms with Crippen LogP contribution < -0.4 is 10.1 Å². The minimum Gasteiger partial charge on any atom is -0.407 e. The van der Waals surface area contributed by atoms with Gasteiger partial charge in [-0.05, 0) is 20.3 Å². The molecule has 1 N–H and O–H groups in total. The van der Waals surface area contributed by atoms with Crippen LogP contribution in [-0.4, -0.2) is 22.4 Å². The molecule has 0 fully saturated rings. The van der Waals surface area contributed by atoms with Crippen molar-refractivity contribution in [2.45, 2.75) is 33.2 Å². The van der Waals surface area contributed by atoms with Gasteiger partial charge in [0.05, 0.1) is 12.4 Å². The zero-order chi connectivity index (χ0) is 11.3. The van der Waals surface area contributed by atoms with Crippen LogP contribution in [0.25, 0.3) is 0 Å². The summed E-state index contributed by atoms with van der Waals surface area (Å²) in [7, 11) is 0. The van der Waals surface area contributed by atoms with E-state index >= 15 is 0 Å². The van der Waals surface area contributed by atoms with Crippen molar-refractivity contribution < 1.29 is 9.53 Å². The summed E-state index contributed by atoms with van der Waals surface area (Å²) in [5.41, 5.74) is 0. The molecular weight excluding hydrogens is 194 g/mol. The Morgan fingerprint density at radius 1 is 1.67 bits per heavy atom. The van der Waals surface area contributed by atoms with Gasteiger partial charge in [0.2, 0.25) is 0 Å². The third kappa shape index (κ3) is 3.27. The number of ether oxygens (including phenoxy) is 1. The molecule has 5 heteroatoms. The predicted octanol–water partition coefficient (Wildman–Crippen LogP) is 1.96. The highest BCUT2D eigenvalue weighted by Crippen LogP contribution is 2.14. The Balaban J connectivity index is 2.56. The van der Waals surface area contributed by atoms with E-state index in [1.165, 1.54) is 0 Å². The fraction of sp³-hybridized carbons (Fsp3) is 0.600. The molecule has 0 bridgehead atoms. The van der Waals surface area contributed by atoms with Crippen LogP contribution in [0.3, 0.4) is 0 Å². The first-order chi connectivity index (χ1) is 7.17. The minimum atomic E-state index is -0.443. The van der Waals surface area contributed by atoms with E-state index in [9.17, 15) is 4.79 Å². The molecule has 1 unspecified atom stereocenters. The molecule has 1 heterocycles. The van der Waals surface area contributed by atoms with Crippen molar-refractivity contribution in [3.63, 3.8) is 0 Å². The summed E-state index contributed by atoms with van der Waals surface area (Å²) in [6, 6.07) is 0.316. The van der Waals surface area contributed by atoms with E-state index in [1.54, 1.807) is 17.1 Å². The molecule has 1 rings (SSSR count). The molecule has 0 aromatic carbocycles. The van der Waals surface area contributed by atoms with Gasteiger partial charge in [-0.15, -0.1) is 0 Å². The summed E-state index contributed by atoms with van der Waals surface area (Å²) in [5.74, 6) is 0.473. The second-order valence-electron chi connectivity index (χ2n) is 3.33. The molecule has 0 saturated heterocycles. The monoisotopic (exact) mass is 211 g/mol. The maximum absolute atomic E-state index is 11.1. The Hall–Kier alpha value is -1.52. The van der Waals surface area contributed by atoms with Crippen molar-refractivity contribution >= 4 is 6.09 Å². The lowest BCUT2D eigenvalue weighted by Crippen LogP contribution is -2.26. The highest BCUT2D eigenvalue weighted by Gasteiger charge is 2.07. The standard InChI is InChI=1S/C10H17N3O2/c1-4-8(3)13-7-9(6-12-13)15-10(14)11-5-2/h6-8H,4-5H2,1-3H3,(H,11,14). The van der Waals surface area contributed by atoms with Crippen LogP contribution in [0.2, 0.25) is 0 Å². The number of hydrogen-bond acceptors (Lipinski definition) is 3. The molecular formula is C10H17N3O2. The fourth-order valence-corrected chi connectivity index (χ4v) is 1.09. The summed E-state index contributed by atoms with van der Waals surface area (Å²) < 4.78 is 6.78. The number of rotatable bonds is 4. The molecule has 84 valence electrons. The molecule has 5 nitrogen and oxygen atoms in total. The van der Waals surface area contributed by atoms with E-state index in [2.05, 4.69) is 24.3 Å². The molecule has 0 aliphatic heterocycles. The molecule has 1 amide bonds. The van der Waals surface area contributed by atoms with Crippen molar-refractivity contribution in [2.75, 3.05) is 6.54 Å². The van der Waals surface area contributed by atoms with E-state index < -0.39 is 6.09 Å². The largest absolute Gasteiger partial charge is 0.412 e. The lowest BCUT2D eigenvalue weighted by atomic mass is 10.3. The summed E-state index contributed by atoms with van der Waals surface area (Å²) in [4.78, 5) is 11.1. The van der Waals surface area contributed by atoms with Crippen molar-refractivity contribution in [3.8, 4) is 5.75 Å². The molecule has 1 aromatic heterocycles. The van der Waals surface area contributed by atoms with Crippen molar-refractivity contribution in [1.29, 1.82) is 0 Å². The smallest absolute Gasteiger partial charge is 0.407 e. The van der Waals surface area contributed by atoms with Crippen molar-refractivity contribution in [2.24, 2.45) is 0 Å². The first-order valence-electron chi connectivity index (χ1n) is 5.17. The molecule has 0 aliphatic carbocycles. The topological polar surface area (TPSA) is 56.1 Å². The Labute approximate surface area is 89.4 Å². The van der Waals surface area contributed by atoms with Crippen molar-refractivity contribution in [1.82, 2.24) is 15.1 Å². The molecule has 0 aliphatic rings. The highest BCUT2D eigenvalue weighted by atomic mass is 16.6. The van der Waals surface area contributed by atoms with Gasteiger partial charge in [0.1, 0.15) is 0 Å². The second-order valence-corrected chi connectivity index (χ2v) is 3.33. The van der Waals surface area contributed by atoms with Gasteiger partial charge in [0, 0.05) is 12.6 Å². The molecule has 0 spiro atoms. The van der Waals surface area contributed by atoms with Gasteiger partial charge >= 0.3 is 6.09 Å². The summed E-state index contributed by atoms with van der Waals surface area (Å²) in [6.07, 6.45) is 3.81. The van der Waals surface area contributed by atoms with E-state index in [-0.39, 0.29) is 0 Å². The lowest BCUT2D eigenvalue weighted by Gasteiger charge is -2.07. The summed E-state index contributed by atoms with van der Waals surface area (Å²) in [6.45, 7) is 6.53. The zero-order valence-electron chi connectivity index (χ0n) is 9.36. The summed E-state index contributed by atoms with van der Waals surface area (Å²) >= 11 is 0. The molecule has 1 atom stereocenters. The number of aromatic nitrogens is 2. The van der Waals surface area contributed by atoms with Gasteiger partial charge in [-0.1, -0.05) is 6.92 Å². The number of nitrogens with zero attached hydrogens (tertiary/aromatic N) is 2. The van der Waals surface area contributed by atoms with Crippen LogP contribution in [0.1, 0.15) is 33.2 Å². The van der Waals surface area contributed by atoms with Crippen molar-refractivity contribution in [3.05, 3.63) is 12.4 Å². The SMILES string of the molecule is CCNC(=O)Oc1cnn(C(C)CC)c1. The van der Waals surface area contributed by atoms with Crippen LogP contribution >= 0.6 is 0 Å². The number of amides is 1. The van der Waals surface area contributed by atoms with Gasteiger partial charge in [-0.25, -0.2) is 4.79 Å². The number of hydrogen-bond donors (Lipinski definition) is 1. The molecule has 0 radical (unpaired) electrons. The van der Waals surface area contributed by atoms with Crippen LogP contribution in [0.15, 0.2) is 12.4 Å². The Kier molecular flexibility index (Phi) is 4.15. The van der Waals surface area contributed by atoms with Gasteiger partial charge in [-0.3, -0.25) is 4.68 Å². The number of nitrogens with one attached hydrogen (secondary N) is 1. The summed E-state index contributed by atoms with van der Waals surface area (Å²) in [5, 5.41) is 6.66. The predicted molar refractivity (Wildman–Crippen MR) is 56.9 cm³/mol. The molecule has 15 heavy (non-hydrogen) atoms. The first kappa shape index (κ1) is 11.6. The lowest BCUT2D eigenvalue weighted by molar-refractivity contribution is 0.201. The number of carbonyl (C=O) groups excluding carboxylic acids is 1. The molecule has 1 aromatic rings. The maximum Gasteiger partial charge on any atom is 0.412 e. The zero-order valence-corrected chi connectivity index (χ0v) is 9.36. The third-order valence-corrected chi connectivity index (χ3v) is 2.15. The maximum atomic E-state index is 11.1. The average Bonchev–Trinajstić information content (AvgIpc) is 2.65. The van der Waals surface area contributed by atoms with Crippen LogP contribution in [0.5, 0.6) is 5.75 Å². The van der Waals surface area contributed by atoms with Crippen LogP contribution in [0, 0.1) is 0 Å². The van der Waals surface area contributed by atoms with E-state index in [0.29, 0.717) is 18.3 Å². The third-order valence-electron chi connectivity index (χ3n) is 2.15. The van der Waals surface area contributed by atoms with E-state index in [1.807, 2.05) is 6.92 Å².